The van der Waals surface area contributed by atoms with Crippen LogP contribution in [-0.4, -0.2) is 23.4 Å². The van der Waals surface area contributed by atoms with Gasteiger partial charge in [0, 0.05) is 12.6 Å². The van der Waals surface area contributed by atoms with Crippen molar-refractivity contribution in [2.24, 2.45) is 0 Å². The van der Waals surface area contributed by atoms with Crippen LogP contribution in [0.4, 0.5) is 0 Å². The maximum atomic E-state index is 5.14. The highest BCUT2D eigenvalue weighted by molar-refractivity contribution is 7.80. The molecule has 20 heavy (non-hydrogen) atoms. The minimum absolute atomic E-state index is 0.276. The zero-order valence-electron chi connectivity index (χ0n) is 11.8. The molecule has 0 aliphatic carbocycles. The Hall–Kier alpha value is -1.60. The first-order valence-electron chi connectivity index (χ1n) is 6.24. The number of rotatable bonds is 4. The van der Waals surface area contributed by atoms with Crippen molar-refractivity contribution >= 4 is 34.7 Å². The van der Waals surface area contributed by atoms with Gasteiger partial charge >= 0.3 is 0 Å². The molecular weight excluding hydrogens is 292 g/mol. The van der Waals surface area contributed by atoms with Gasteiger partial charge in [0.2, 0.25) is 0 Å². The molecule has 1 aromatic carbocycles. The molecule has 1 rings (SSSR count). The van der Waals surface area contributed by atoms with Gasteiger partial charge in [0.15, 0.2) is 10.2 Å². The SMILES string of the molecule is COc1ccc(CNC(=S)NNC(=S)NC(C)C)cc1. The molecule has 0 spiro atoms. The van der Waals surface area contributed by atoms with E-state index in [2.05, 4.69) is 21.5 Å². The zero-order valence-corrected chi connectivity index (χ0v) is 13.5. The van der Waals surface area contributed by atoms with Crippen LogP contribution in [0.25, 0.3) is 0 Å². The van der Waals surface area contributed by atoms with Crippen LogP contribution in [0.2, 0.25) is 0 Å². The lowest BCUT2D eigenvalue weighted by atomic mass is 10.2. The van der Waals surface area contributed by atoms with Crippen molar-refractivity contribution in [2.45, 2.75) is 26.4 Å². The van der Waals surface area contributed by atoms with Gasteiger partial charge in [0.25, 0.3) is 0 Å². The summed E-state index contributed by atoms with van der Waals surface area (Å²) < 4.78 is 5.10. The van der Waals surface area contributed by atoms with Crippen LogP contribution >= 0.6 is 24.4 Å². The van der Waals surface area contributed by atoms with E-state index in [1.165, 1.54) is 0 Å². The van der Waals surface area contributed by atoms with Crippen LogP contribution in [0.1, 0.15) is 19.4 Å². The van der Waals surface area contributed by atoms with Crippen molar-refractivity contribution < 1.29 is 4.74 Å². The molecule has 0 aliphatic heterocycles. The van der Waals surface area contributed by atoms with Gasteiger partial charge in [-0.25, -0.2) is 0 Å². The third kappa shape index (κ3) is 6.53. The molecule has 0 aliphatic rings. The lowest BCUT2D eigenvalue weighted by Crippen LogP contribution is -2.51. The molecule has 0 unspecified atom stereocenters. The first kappa shape index (κ1) is 16.5. The van der Waals surface area contributed by atoms with Gasteiger partial charge < -0.3 is 15.4 Å². The van der Waals surface area contributed by atoms with Crippen molar-refractivity contribution in [2.75, 3.05) is 7.11 Å². The van der Waals surface area contributed by atoms with E-state index < -0.39 is 0 Å². The third-order valence-corrected chi connectivity index (χ3v) is 2.79. The Morgan fingerprint density at radius 1 is 1.10 bits per heavy atom. The predicted octanol–water partition coefficient (Wildman–Crippen LogP) is 1.45. The van der Waals surface area contributed by atoms with E-state index in [1.54, 1.807) is 7.11 Å². The molecule has 0 saturated carbocycles. The molecule has 0 heterocycles. The van der Waals surface area contributed by atoms with Crippen molar-refractivity contribution in [1.82, 2.24) is 21.5 Å². The predicted molar refractivity (Wildman–Crippen MR) is 89.6 cm³/mol. The average molecular weight is 312 g/mol. The normalized spacial score (nSPS) is 9.80. The average Bonchev–Trinajstić information content (AvgIpc) is 2.42. The highest BCUT2D eigenvalue weighted by Gasteiger charge is 2.00. The van der Waals surface area contributed by atoms with Gasteiger partial charge in [0.05, 0.1) is 7.11 Å². The van der Waals surface area contributed by atoms with E-state index in [0.717, 1.165) is 11.3 Å². The molecule has 0 radical (unpaired) electrons. The van der Waals surface area contributed by atoms with E-state index in [9.17, 15) is 0 Å². The highest BCUT2D eigenvalue weighted by atomic mass is 32.1. The van der Waals surface area contributed by atoms with Gasteiger partial charge in [-0.1, -0.05) is 12.1 Å². The zero-order chi connectivity index (χ0) is 15.0. The van der Waals surface area contributed by atoms with Crippen molar-refractivity contribution in [1.29, 1.82) is 0 Å². The number of thiocarbonyl (C=S) groups is 2. The lowest BCUT2D eigenvalue weighted by Gasteiger charge is -2.15. The van der Waals surface area contributed by atoms with Gasteiger partial charge in [-0.05, 0) is 56.0 Å². The van der Waals surface area contributed by atoms with Crippen molar-refractivity contribution in [3.05, 3.63) is 29.8 Å². The first-order valence-corrected chi connectivity index (χ1v) is 7.06. The molecule has 0 bridgehead atoms. The lowest BCUT2D eigenvalue weighted by molar-refractivity contribution is 0.414. The minimum Gasteiger partial charge on any atom is -0.497 e. The number of hydrogen-bond acceptors (Lipinski definition) is 3. The van der Waals surface area contributed by atoms with E-state index in [1.807, 2.05) is 38.1 Å². The largest absolute Gasteiger partial charge is 0.497 e. The Morgan fingerprint density at radius 3 is 2.25 bits per heavy atom. The van der Waals surface area contributed by atoms with Gasteiger partial charge in [-0.15, -0.1) is 0 Å². The molecule has 110 valence electrons. The van der Waals surface area contributed by atoms with Crippen LogP contribution in [0.15, 0.2) is 24.3 Å². The quantitative estimate of drug-likeness (QED) is 0.496. The second kappa shape index (κ2) is 8.55. The van der Waals surface area contributed by atoms with Gasteiger partial charge in [-0.3, -0.25) is 10.9 Å². The van der Waals surface area contributed by atoms with E-state index in [0.29, 0.717) is 16.8 Å². The Morgan fingerprint density at radius 2 is 1.70 bits per heavy atom. The fourth-order valence-electron chi connectivity index (χ4n) is 1.38. The Balaban J connectivity index is 2.27. The number of hydrazine groups is 1. The molecule has 0 aromatic heterocycles. The summed E-state index contributed by atoms with van der Waals surface area (Å²) in [6, 6.07) is 8.05. The number of nitrogens with one attached hydrogen (secondary N) is 4. The maximum absolute atomic E-state index is 5.14. The third-order valence-electron chi connectivity index (χ3n) is 2.32. The fourth-order valence-corrected chi connectivity index (χ4v) is 1.79. The van der Waals surface area contributed by atoms with Crippen LogP contribution < -0.4 is 26.2 Å². The molecule has 4 N–H and O–H groups in total. The van der Waals surface area contributed by atoms with Crippen LogP contribution in [0.5, 0.6) is 5.75 Å². The first-order chi connectivity index (χ1) is 9.51. The Kier molecular flexibility index (Phi) is 7.03. The van der Waals surface area contributed by atoms with Gasteiger partial charge in [0.1, 0.15) is 5.75 Å². The highest BCUT2D eigenvalue weighted by Crippen LogP contribution is 2.10. The fraction of sp³-hybridized carbons (Fsp3) is 0.385. The number of benzene rings is 1. The molecule has 0 amide bonds. The standard InChI is InChI=1S/C13H20N4OS2/c1-9(2)15-13(20)17-16-12(19)14-8-10-4-6-11(18-3)7-5-10/h4-7,9H,8H2,1-3H3,(H2,14,16,19)(H2,15,17,20). The van der Waals surface area contributed by atoms with E-state index in [-0.39, 0.29) is 6.04 Å². The summed E-state index contributed by atoms with van der Waals surface area (Å²) in [6.07, 6.45) is 0. The molecule has 1 aromatic rings. The number of methoxy groups -OCH3 is 1. The summed E-state index contributed by atoms with van der Waals surface area (Å²) >= 11 is 10.2. The van der Waals surface area contributed by atoms with Crippen molar-refractivity contribution in [3.63, 3.8) is 0 Å². The monoisotopic (exact) mass is 312 g/mol. The van der Waals surface area contributed by atoms with Crippen molar-refractivity contribution in [3.8, 4) is 5.75 Å². The second-order valence-electron chi connectivity index (χ2n) is 4.41. The molecule has 0 fully saturated rings. The van der Waals surface area contributed by atoms with Crippen LogP contribution in [0, 0.1) is 0 Å². The minimum atomic E-state index is 0.276. The summed E-state index contributed by atoms with van der Waals surface area (Å²) in [6.45, 7) is 4.64. The van der Waals surface area contributed by atoms with Crippen LogP contribution in [-0.2, 0) is 6.54 Å². The second-order valence-corrected chi connectivity index (χ2v) is 5.23. The topological polar surface area (TPSA) is 57.4 Å². The smallest absolute Gasteiger partial charge is 0.185 e. The van der Waals surface area contributed by atoms with E-state index in [4.69, 9.17) is 29.2 Å². The van der Waals surface area contributed by atoms with E-state index >= 15 is 0 Å². The maximum Gasteiger partial charge on any atom is 0.185 e. The number of ether oxygens (including phenoxy) is 1. The van der Waals surface area contributed by atoms with Gasteiger partial charge in [-0.2, -0.15) is 0 Å². The molecule has 0 saturated heterocycles. The summed E-state index contributed by atoms with van der Waals surface area (Å²) in [5.41, 5.74) is 6.75. The molecule has 7 heteroatoms. The molecular formula is C13H20N4OS2. The van der Waals surface area contributed by atoms with Crippen LogP contribution in [0.3, 0.4) is 0 Å². The Bertz CT molecular complexity index is 448. The summed E-state index contributed by atoms with van der Waals surface area (Å²) in [5, 5.41) is 7.10. The summed E-state index contributed by atoms with van der Waals surface area (Å²) in [4.78, 5) is 0. The number of hydrogen-bond donors (Lipinski definition) is 4. The summed E-state index contributed by atoms with van der Waals surface area (Å²) in [5.74, 6) is 0.834. The molecule has 5 nitrogen and oxygen atoms in total. The molecule has 0 atom stereocenters. The Labute approximate surface area is 130 Å². The summed E-state index contributed by atoms with van der Waals surface area (Å²) in [7, 11) is 1.64.